The molecule has 0 aromatic heterocycles. The van der Waals surface area contributed by atoms with Gasteiger partial charge in [-0.2, -0.15) is 0 Å². The zero-order valence-electron chi connectivity index (χ0n) is 19.9. The van der Waals surface area contributed by atoms with Gasteiger partial charge in [0.2, 0.25) is 0 Å². The van der Waals surface area contributed by atoms with Crippen LogP contribution in [0, 0.1) is 0 Å². The number of hydrogen-bond acceptors (Lipinski definition) is 6. The van der Waals surface area contributed by atoms with E-state index < -0.39 is 17.8 Å². The Labute approximate surface area is 223 Å². The molecule has 0 bridgehead atoms. The molecule has 1 N–H and O–H groups in total. The summed E-state index contributed by atoms with van der Waals surface area (Å²) in [5, 5.41) is 3.02. The molecule has 4 rings (SSSR count). The van der Waals surface area contributed by atoms with Crippen molar-refractivity contribution in [3.05, 3.63) is 87.4 Å². The van der Waals surface area contributed by atoms with Gasteiger partial charge in [0.05, 0.1) is 24.4 Å². The maximum absolute atomic E-state index is 13.2. The van der Waals surface area contributed by atoms with Gasteiger partial charge in [0.25, 0.3) is 11.8 Å². The second-order valence-corrected chi connectivity index (χ2v) is 8.68. The summed E-state index contributed by atoms with van der Waals surface area (Å²) in [6.07, 6.45) is 1.34. The van der Waals surface area contributed by atoms with Gasteiger partial charge in [0, 0.05) is 5.02 Å². The molecule has 1 saturated heterocycles. The number of methoxy groups -OCH3 is 1. The topological polar surface area (TPSA) is 94.2 Å². The van der Waals surface area contributed by atoms with E-state index in [0.29, 0.717) is 34.4 Å². The van der Waals surface area contributed by atoms with Crippen LogP contribution in [-0.2, 0) is 16.2 Å². The van der Waals surface area contributed by atoms with Crippen LogP contribution in [0.25, 0.3) is 6.08 Å². The number of hydrogen-bond donors (Lipinski definition) is 1. The molecule has 0 aliphatic carbocycles. The van der Waals surface area contributed by atoms with Crippen LogP contribution in [0.15, 0.2) is 66.2 Å². The second-order valence-electron chi connectivity index (χ2n) is 7.83. The number of rotatable bonds is 8. The third-order valence-electron chi connectivity index (χ3n) is 5.37. The predicted octanol–water partition coefficient (Wildman–Crippen LogP) is 5.65. The number of amides is 4. The van der Waals surface area contributed by atoms with E-state index in [-0.39, 0.29) is 22.9 Å². The van der Waals surface area contributed by atoms with E-state index in [2.05, 4.69) is 5.32 Å². The SMILES string of the molecule is CCOc1ccc(N2C(=O)NC(=O)/C(=C\c3cc(Cl)c(OCc4ccc(Cl)cc4)c(OC)c3)C2=O)cc1. The Balaban J connectivity index is 1.61. The fourth-order valence-electron chi connectivity index (χ4n) is 3.62. The first-order valence-electron chi connectivity index (χ1n) is 11.2. The number of anilines is 1. The Bertz CT molecular complexity index is 1370. The van der Waals surface area contributed by atoms with E-state index in [1.807, 2.05) is 19.1 Å². The third-order valence-corrected chi connectivity index (χ3v) is 5.90. The number of barbiturate groups is 1. The monoisotopic (exact) mass is 540 g/mol. The van der Waals surface area contributed by atoms with Crippen LogP contribution in [-0.4, -0.2) is 31.6 Å². The van der Waals surface area contributed by atoms with Gasteiger partial charge in [-0.25, -0.2) is 9.69 Å². The van der Waals surface area contributed by atoms with Crippen molar-refractivity contribution >= 4 is 52.8 Å². The fourth-order valence-corrected chi connectivity index (χ4v) is 4.02. The van der Waals surface area contributed by atoms with Crippen LogP contribution >= 0.6 is 23.2 Å². The maximum atomic E-state index is 13.2. The van der Waals surface area contributed by atoms with Crippen LogP contribution in [0.2, 0.25) is 10.0 Å². The highest BCUT2D eigenvalue weighted by atomic mass is 35.5. The van der Waals surface area contributed by atoms with Crippen LogP contribution in [0.3, 0.4) is 0 Å². The van der Waals surface area contributed by atoms with Crippen molar-refractivity contribution in [1.29, 1.82) is 0 Å². The van der Waals surface area contributed by atoms with Crippen molar-refractivity contribution in [2.24, 2.45) is 0 Å². The van der Waals surface area contributed by atoms with Gasteiger partial charge in [-0.05, 0) is 72.7 Å². The summed E-state index contributed by atoms with van der Waals surface area (Å²) < 4.78 is 16.7. The Kier molecular flexibility index (Phi) is 8.01. The average molecular weight is 541 g/mol. The van der Waals surface area contributed by atoms with Crippen LogP contribution < -0.4 is 24.4 Å². The minimum atomic E-state index is -0.849. The molecule has 10 heteroatoms. The van der Waals surface area contributed by atoms with Gasteiger partial charge < -0.3 is 14.2 Å². The Hall–Kier alpha value is -4.01. The summed E-state index contributed by atoms with van der Waals surface area (Å²) in [6, 6.07) is 15.8. The number of imide groups is 2. The van der Waals surface area contributed by atoms with Crippen molar-refractivity contribution in [1.82, 2.24) is 5.32 Å². The number of urea groups is 1. The summed E-state index contributed by atoms with van der Waals surface area (Å²) in [7, 11) is 1.45. The Morgan fingerprint density at radius 3 is 2.30 bits per heavy atom. The van der Waals surface area contributed by atoms with E-state index in [1.165, 1.54) is 19.3 Å². The molecule has 0 spiro atoms. The lowest BCUT2D eigenvalue weighted by molar-refractivity contribution is -0.122. The lowest BCUT2D eigenvalue weighted by Crippen LogP contribution is -2.54. The molecule has 0 radical (unpaired) electrons. The molecule has 3 aromatic rings. The normalized spacial score (nSPS) is 14.5. The van der Waals surface area contributed by atoms with Gasteiger partial charge in [0.15, 0.2) is 11.5 Å². The predicted molar refractivity (Wildman–Crippen MR) is 140 cm³/mol. The minimum absolute atomic E-state index is 0.211. The molecular weight excluding hydrogens is 519 g/mol. The largest absolute Gasteiger partial charge is 0.494 e. The molecule has 0 saturated carbocycles. The maximum Gasteiger partial charge on any atom is 0.335 e. The van der Waals surface area contributed by atoms with Crippen molar-refractivity contribution < 1.29 is 28.6 Å². The number of halogens is 2. The standard InChI is InChI=1S/C27H22Cl2N2O6/c1-3-36-20-10-8-19(9-11-20)31-26(33)21(25(32)30-27(31)34)12-17-13-22(29)24(23(14-17)35-2)37-15-16-4-6-18(28)7-5-16/h4-14H,3,15H2,1-2H3,(H,30,32,34)/b21-12+. The molecule has 4 amide bonds. The van der Waals surface area contributed by atoms with E-state index in [0.717, 1.165) is 10.5 Å². The average Bonchev–Trinajstić information content (AvgIpc) is 2.87. The van der Waals surface area contributed by atoms with Crippen LogP contribution in [0.4, 0.5) is 10.5 Å². The quantitative estimate of drug-likeness (QED) is 0.293. The zero-order valence-corrected chi connectivity index (χ0v) is 21.4. The molecule has 1 heterocycles. The third kappa shape index (κ3) is 5.87. The number of carbonyl (C=O) groups is 3. The van der Waals surface area contributed by atoms with Crippen molar-refractivity contribution in [2.75, 3.05) is 18.6 Å². The molecule has 190 valence electrons. The first kappa shape index (κ1) is 26.1. The van der Waals surface area contributed by atoms with Crippen LogP contribution in [0.5, 0.6) is 17.2 Å². The summed E-state index contributed by atoms with van der Waals surface area (Å²) >= 11 is 12.4. The minimum Gasteiger partial charge on any atom is -0.494 e. The number of carbonyl (C=O) groups excluding carboxylic acids is 3. The molecule has 1 fully saturated rings. The highest BCUT2D eigenvalue weighted by Gasteiger charge is 2.37. The summed E-state index contributed by atoms with van der Waals surface area (Å²) in [5.41, 5.74) is 1.31. The molecule has 3 aromatic carbocycles. The Morgan fingerprint density at radius 1 is 0.946 bits per heavy atom. The molecule has 8 nitrogen and oxygen atoms in total. The summed E-state index contributed by atoms with van der Waals surface area (Å²) in [4.78, 5) is 39.1. The van der Waals surface area contributed by atoms with Gasteiger partial charge >= 0.3 is 6.03 Å². The smallest absolute Gasteiger partial charge is 0.335 e. The highest BCUT2D eigenvalue weighted by Crippen LogP contribution is 2.38. The van der Waals surface area contributed by atoms with E-state index in [1.54, 1.807) is 42.5 Å². The number of nitrogens with zero attached hydrogens (tertiary/aromatic N) is 1. The number of ether oxygens (including phenoxy) is 3. The van der Waals surface area contributed by atoms with Crippen molar-refractivity contribution in [3.8, 4) is 17.2 Å². The first-order valence-corrected chi connectivity index (χ1v) is 12.0. The van der Waals surface area contributed by atoms with Gasteiger partial charge in [-0.15, -0.1) is 0 Å². The van der Waals surface area contributed by atoms with Crippen molar-refractivity contribution in [3.63, 3.8) is 0 Å². The van der Waals surface area contributed by atoms with Gasteiger partial charge in [-0.3, -0.25) is 14.9 Å². The Morgan fingerprint density at radius 2 is 1.65 bits per heavy atom. The molecule has 37 heavy (non-hydrogen) atoms. The van der Waals surface area contributed by atoms with Gasteiger partial charge in [0.1, 0.15) is 17.9 Å². The number of nitrogens with one attached hydrogen (secondary N) is 1. The zero-order chi connectivity index (χ0) is 26.5. The molecule has 1 aliphatic heterocycles. The summed E-state index contributed by atoms with van der Waals surface area (Å²) in [6.45, 7) is 2.53. The van der Waals surface area contributed by atoms with Crippen molar-refractivity contribution in [2.45, 2.75) is 13.5 Å². The first-order chi connectivity index (χ1) is 17.8. The molecule has 0 unspecified atom stereocenters. The molecular formula is C27H22Cl2N2O6. The number of benzene rings is 3. The highest BCUT2D eigenvalue weighted by molar-refractivity contribution is 6.39. The fraction of sp³-hybridized carbons (Fsp3) is 0.148. The van der Waals surface area contributed by atoms with E-state index in [9.17, 15) is 14.4 Å². The lowest BCUT2D eigenvalue weighted by Gasteiger charge is -2.26. The van der Waals surface area contributed by atoms with Crippen LogP contribution in [0.1, 0.15) is 18.1 Å². The van der Waals surface area contributed by atoms with Gasteiger partial charge in [-0.1, -0.05) is 35.3 Å². The lowest BCUT2D eigenvalue weighted by atomic mass is 10.1. The summed E-state index contributed by atoms with van der Waals surface area (Å²) in [5.74, 6) is -0.419. The second kappa shape index (κ2) is 11.4. The molecule has 1 aliphatic rings. The molecule has 0 atom stereocenters. The van der Waals surface area contributed by atoms with E-state index >= 15 is 0 Å². The van der Waals surface area contributed by atoms with E-state index in [4.69, 9.17) is 37.4 Å².